The molecule has 0 aromatic rings. The maximum Gasteiger partial charge on any atom is 0.247 e. The van der Waals surface area contributed by atoms with E-state index in [1.54, 1.807) is 40.8 Å². The number of rotatable bonds is 14. The number of likely N-dealkylation sites (tertiary alicyclic amines) is 1. The monoisotopic (exact) mass is 505 g/mol. The van der Waals surface area contributed by atoms with Crippen molar-refractivity contribution in [2.24, 2.45) is 17.8 Å². The summed E-state index contributed by atoms with van der Waals surface area (Å²) in [6.45, 7) is 13.9. The Kier molecular flexibility index (Phi) is 9.49. The van der Waals surface area contributed by atoms with E-state index < -0.39 is 22.6 Å². The second-order valence-corrected chi connectivity index (χ2v) is 11.9. The maximum absolute atomic E-state index is 14.2. The third-order valence-electron chi connectivity index (χ3n) is 8.04. The summed E-state index contributed by atoms with van der Waals surface area (Å²) < 4.78 is -0.600. The van der Waals surface area contributed by atoms with Crippen molar-refractivity contribution >= 4 is 29.5 Å². The predicted octanol–water partition coefficient (Wildman–Crippen LogP) is 2.95. The summed E-state index contributed by atoms with van der Waals surface area (Å²) in [4.78, 5) is 47.0. The first-order chi connectivity index (χ1) is 16.8. The number of hydrogen-bond donors (Lipinski definition) is 1. The third-order valence-corrected chi connectivity index (χ3v) is 10.1. The summed E-state index contributed by atoms with van der Waals surface area (Å²) >= 11 is 1.72. The van der Waals surface area contributed by atoms with Crippen molar-refractivity contribution in [3.05, 3.63) is 25.3 Å². The standard InChI is InChI=1S/C27H43N3O4S/c1-6-9-10-15-29(14-8-3)26(34)23-27-19(4)18-20(35-27)21(24(32)28(5)13-7-2)22(27)25(33)30(23)16-11-12-17-31/h7-8,19-23,31H,2-3,6,9-18H2,1,4-5H3/t19?,20-,21+,22-,23?,27?/m0/s1. The summed E-state index contributed by atoms with van der Waals surface area (Å²) in [6, 6.07) is -0.590. The number of amides is 3. The lowest BCUT2D eigenvalue weighted by Gasteiger charge is -2.41. The van der Waals surface area contributed by atoms with Crippen molar-refractivity contribution in [3.63, 3.8) is 0 Å². The van der Waals surface area contributed by atoms with Crippen molar-refractivity contribution in [1.82, 2.24) is 14.7 Å². The van der Waals surface area contributed by atoms with E-state index in [0.717, 1.165) is 25.7 Å². The summed E-state index contributed by atoms with van der Waals surface area (Å²) in [7, 11) is 1.76. The van der Waals surface area contributed by atoms with Gasteiger partial charge in [-0.2, -0.15) is 0 Å². The lowest BCUT2D eigenvalue weighted by atomic mass is 9.65. The van der Waals surface area contributed by atoms with Crippen LogP contribution in [0.4, 0.5) is 0 Å². The van der Waals surface area contributed by atoms with Crippen LogP contribution in [0.25, 0.3) is 0 Å². The van der Waals surface area contributed by atoms with Crippen LogP contribution in [0.15, 0.2) is 25.3 Å². The predicted molar refractivity (Wildman–Crippen MR) is 141 cm³/mol. The molecule has 0 saturated carbocycles. The van der Waals surface area contributed by atoms with E-state index in [9.17, 15) is 19.5 Å². The molecule has 196 valence electrons. The van der Waals surface area contributed by atoms with Gasteiger partial charge in [-0.3, -0.25) is 14.4 Å². The van der Waals surface area contributed by atoms with E-state index in [1.165, 1.54) is 0 Å². The highest BCUT2D eigenvalue weighted by molar-refractivity contribution is 8.02. The summed E-state index contributed by atoms with van der Waals surface area (Å²) in [6.07, 6.45) is 8.50. The van der Waals surface area contributed by atoms with Gasteiger partial charge in [-0.1, -0.05) is 38.8 Å². The van der Waals surface area contributed by atoms with Gasteiger partial charge in [-0.25, -0.2) is 0 Å². The van der Waals surface area contributed by atoms with Gasteiger partial charge in [0.15, 0.2) is 0 Å². The van der Waals surface area contributed by atoms with E-state index in [-0.39, 0.29) is 35.5 Å². The third kappa shape index (κ3) is 4.93. The molecule has 3 heterocycles. The maximum atomic E-state index is 14.2. The zero-order chi connectivity index (χ0) is 25.8. The summed E-state index contributed by atoms with van der Waals surface area (Å²) in [5, 5.41) is 9.38. The van der Waals surface area contributed by atoms with Gasteiger partial charge in [-0.05, 0) is 31.6 Å². The fourth-order valence-electron chi connectivity index (χ4n) is 6.43. The highest BCUT2D eigenvalue weighted by atomic mass is 32.2. The van der Waals surface area contributed by atoms with Gasteiger partial charge in [0.05, 0.1) is 16.6 Å². The van der Waals surface area contributed by atoms with Crippen LogP contribution in [0.1, 0.15) is 52.4 Å². The zero-order valence-electron chi connectivity index (χ0n) is 21.7. The van der Waals surface area contributed by atoms with Crippen LogP contribution in [0, 0.1) is 17.8 Å². The van der Waals surface area contributed by atoms with Crippen LogP contribution in [0.2, 0.25) is 0 Å². The van der Waals surface area contributed by atoms with Gasteiger partial charge in [0.2, 0.25) is 17.7 Å². The normalized spacial score (nSPS) is 30.9. The minimum absolute atomic E-state index is 0.0200. The number of aliphatic hydroxyl groups is 1. The molecule has 1 N–H and O–H groups in total. The average molecular weight is 506 g/mol. The van der Waals surface area contributed by atoms with Crippen molar-refractivity contribution in [2.45, 2.75) is 68.4 Å². The first-order valence-corrected chi connectivity index (χ1v) is 14.0. The Morgan fingerprint density at radius 1 is 1.17 bits per heavy atom. The molecule has 0 aliphatic carbocycles. The number of hydrogen-bond acceptors (Lipinski definition) is 5. The SMILES string of the molecule is C=CCN(C)C(=O)[C@@H]1[C@@H]2CC(C)C3(S2)C(C(=O)N(CC=C)CCCCC)N(CCCCO)C(=O)[C@H]13. The van der Waals surface area contributed by atoms with Gasteiger partial charge in [0, 0.05) is 45.1 Å². The lowest BCUT2D eigenvalue weighted by molar-refractivity contribution is -0.144. The Balaban J connectivity index is 2.01. The number of carbonyl (C=O) groups is 3. The van der Waals surface area contributed by atoms with Gasteiger partial charge >= 0.3 is 0 Å². The number of carbonyl (C=O) groups excluding carboxylic acids is 3. The highest BCUT2D eigenvalue weighted by Crippen LogP contribution is 2.68. The van der Waals surface area contributed by atoms with Crippen LogP contribution in [0.3, 0.4) is 0 Å². The molecule has 1 spiro atoms. The van der Waals surface area contributed by atoms with Crippen LogP contribution in [-0.4, -0.2) is 93.4 Å². The summed E-state index contributed by atoms with van der Waals surface area (Å²) in [5.41, 5.74) is 0. The fraction of sp³-hybridized carbons (Fsp3) is 0.741. The van der Waals surface area contributed by atoms with Crippen molar-refractivity contribution in [2.75, 3.05) is 39.8 Å². The number of unbranched alkanes of at least 4 members (excludes halogenated alkanes) is 3. The van der Waals surface area contributed by atoms with Crippen molar-refractivity contribution < 1.29 is 19.5 Å². The first-order valence-electron chi connectivity index (χ1n) is 13.1. The quantitative estimate of drug-likeness (QED) is 0.290. The molecule has 0 aromatic carbocycles. The molecule has 3 saturated heterocycles. The second kappa shape index (κ2) is 12.0. The second-order valence-electron chi connectivity index (χ2n) is 10.3. The molecule has 3 rings (SSSR count). The van der Waals surface area contributed by atoms with Crippen LogP contribution in [0.5, 0.6) is 0 Å². The molecular formula is C27H43N3O4S. The van der Waals surface area contributed by atoms with Crippen LogP contribution >= 0.6 is 11.8 Å². The van der Waals surface area contributed by atoms with Crippen LogP contribution < -0.4 is 0 Å². The smallest absolute Gasteiger partial charge is 0.247 e. The molecule has 35 heavy (non-hydrogen) atoms. The van der Waals surface area contributed by atoms with Crippen molar-refractivity contribution in [3.8, 4) is 0 Å². The Hall–Kier alpha value is -1.80. The van der Waals surface area contributed by atoms with Crippen molar-refractivity contribution in [1.29, 1.82) is 0 Å². The number of likely N-dealkylation sites (N-methyl/N-ethyl adjacent to an activating group) is 1. The van der Waals surface area contributed by atoms with E-state index in [1.807, 2.05) is 4.90 Å². The van der Waals surface area contributed by atoms with E-state index in [0.29, 0.717) is 39.0 Å². The Labute approximate surface area is 215 Å². The minimum Gasteiger partial charge on any atom is -0.396 e. The molecule has 7 nitrogen and oxygen atoms in total. The Morgan fingerprint density at radius 2 is 1.89 bits per heavy atom. The molecular weight excluding hydrogens is 462 g/mol. The molecule has 3 aliphatic rings. The van der Waals surface area contributed by atoms with E-state index in [4.69, 9.17) is 0 Å². The Morgan fingerprint density at radius 3 is 2.51 bits per heavy atom. The summed E-state index contributed by atoms with van der Waals surface area (Å²) in [5.74, 6) is -0.874. The molecule has 0 radical (unpaired) electrons. The molecule has 3 unspecified atom stereocenters. The fourth-order valence-corrected chi connectivity index (χ4v) is 8.84. The molecule has 3 amide bonds. The molecule has 8 heteroatoms. The van der Waals surface area contributed by atoms with Gasteiger partial charge < -0.3 is 19.8 Å². The largest absolute Gasteiger partial charge is 0.396 e. The van der Waals surface area contributed by atoms with Gasteiger partial charge in [0.1, 0.15) is 6.04 Å². The van der Waals surface area contributed by atoms with E-state index in [2.05, 4.69) is 27.0 Å². The molecule has 0 aromatic heterocycles. The number of thioether (sulfide) groups is 1. The van der Waals surface area contributed by atoms with Gasteiger partial charge in [-0.15, -0.1) is 24.9 Å². The Bertz CT molecular complexity index is 820. The number of nitrogens with zero attached hydrogens (tertiary/aromatic N) is 3. The molecule has 6 atom stereocenters. The minimum atomic E-state index is -0.600. The van der Waals surface area contributed by atoms with Gasteiger partial charge in [0.25, 0.3) is 0 Å². The topological polar surface area (TPSA) is 81.2 Å². The number of fused-ring (bicyclic) bond motifs is 1. The van der Waals surface area contributed by atoms with E-state index >= 15 is 0 Å². The van der Waals surface area contributed by atoms with Crippen LogP contribution in [-0.2, 0) is 14.4 Å². The molecule has 3 fully saturated rings. The highest BCUT2D eigenvalue weighted by Gasteiger charge is 2.76. The first kappa shape index (κ1) is 27.8. The average Bonchev–Trinajstić information content (AvgIpc) is 3.42. The lowest BCUT2D eigenvalue weighted by Crippen LogP contribution is -2.57. The number of aliphatic hydroxyl groups excluding tert-OH is 1. The molecule has 3 aliphatic heterocycles. The zero-order valence-corrected chi connectivity index (χ0v) is 22.5. The molecule has 2 bridgehead atoms.